The second-order valence-electron chi connectivity index (χ2n) is 7.28. The summed E-state index contributed by atoms with van der Waals surface area (Å²) in [6.07, 6.45) is 3.00. The van der Waals surface area contributed by atoms with Crippen molar-refractivity contribution in [2.75, 3.05) is 6.54 Å². The van der Waals surface area contributed by atoms with Crippen LogP contribution in [0.15, 0.2) is 16.7 Å². The molecule has 0 saturated carbocycles. The lowest BCUT2D eigenvalue weighted by molar-refractivity contribution is 0.0599. The number of aromatic amines is 1. The predicted octanol–water partition coefficient (Wildman–Crippen LogP) is 4.15. The molecule has 1 amide bonds. The van der Waals surface area contributed by atoms with Crippen molar-refractivity contribution in [1.82, 2.24) is 20.0 Å². The molecular formula is C20H24N4O2. The molecule has 0 unspecified atom stereocenters. The van der Waals surface area contributed by atoms with Gasteiger partial charge in [0, 0.05) is 6.54 Å². The predicted molar refractivity (Wildman–Crippen MR) is 99.2 cm³/mol. The van der Waals surface area contributed by atoms with Gasteiger partial charge in [-0.05, 0) is 70.2 Å². The molecule has 0 aliphatic carbocycles. The molecule has 1 atom stereocenters. The van der Waals surface area contributed by atoms with E-state index in [1.165, 1.54) is 11.1 Å². The van der Waals surface area contributed by atoms with Gasteiger partial charge in [0.15, 0.2) is 0 Å². The Kier molecular flexibility index (Phi) is 4.05. The summed E-state index contributed by atoms with van der Waals surface area (Å²) in [5, 5.41) is 3.94. The highest BCUT2D eigenvalue weighted by Crippen LogP contribution is 2.33. The second-order valence-corrected chi connectivity index (χ2v) is 7.28. The van der Waals surface area contributed by atoms with E-state index in [2.05, 4.69) is 36.1 Å². The normalized spacial score (nSPS) is 17.8. The first kappa shape index (κ1) is 16.8. The average Bonchev–Trinajstić information content (AvgIpc) is 3.17. The van der Waals surface area contributed by atoms with Gasteiger partial charge in [-0.25, -0.2) is 4.98 Å². The Hall–Kier alpha value is -2.63. The fraction of sp³-hybridized carbons (Fsp3) is 0.450. The van der Waals surface area contributed by atoms with E-state index in [1.807, 2.05) is 11.8 Å². The van der Waals surface area contributed by atoms with Gasteiger partial charge in [0.2, 0.25) is 0 Å². The van der Waals surface area contributed by atoms with Crippen LogP contribution in [0.1, 0.15) is 64.1 Å². The molecule has 0 bridgehead atoms. The van der Waals surface area contributed by atoms with Gasteiger partial charge in [0.25, 0.3) is 5.91 Å². The topological polar surface area (TPSA) is 75.0 Å². The van der Waals surface area contributed by atoms with Crippen LogP contribution in [0.25, 0.3) is 11.0 Å². The minimum absolute atomic E-state index is 0.0150. The van der Waals surface area contributed by atoms with E-state index >= 15 is 0 Å². The minimum atomic E-state index is -0.0436. The van der Waals surface area contributed by atoms with Crippen LogP contribution < -0.4 is 0 Å². The number of aromatic nitrogens is 3. The van der Waals surface area contributed by atoms with Gasteiger partial charge in [0.1, 0.15) is 17.1 Å². The molecule has 2 aromatic heterocycles. The van der Waals surface area contributed by atoms with Crippen LogP contribution in [0.5, 0.6) is 0 Å². The van der Waals surface area contributed by atoms with Gasteiger partial charge in [-0.1, -0.05) is 5.16 Å². The molecule has 1 fully saturated rings. The summed E-state index contributed by atoms with van der Waals surface area (Å²) < 4.78 is 5.20. The molecule has 6 heteroatoms. The van der Waals surface area contributed by atoms with E-state index < -0.39 is 0 Å². The van der Waals surface area contributed by atoms with Crippen molar-refractivity contribution in [1.29, 1.82) is 0 Å². The number of piperidine rings is 1. The SMILES string of the molecule is Cc1cc2nc([C@H]3CCCCN3C(=O)c3c(C)noc3C)[nH]c2cc1C. The lowest BCUT2D eigenvalue weighted by Crippen LogP contribution is -2.39. The number of rotatable bonds is 2. The smallest absolute Gasteiger partial charge is 0.259 e. The number of carbonyl (C=O) groups excluding carboxylic acids is 1. The quantitative estimate of drug-likeness (QED) is 0.752. The number of benzene rings is 1. The number of nitrogens with zero attached hydrogens (tertiary/aromatic N) is 3. The molecule has 1 saturated heterocycles. The zero-order valence-corrected chi connectivity index (χ0v) is 15.7. The number of carbonyl (C=O) groups is 1. The van der Waals surface area contributed by atoms with Crippen molar-refractivity contribution >= 4 is 16.9 Å². The maximum absolute atomic E-state index is 13.2. The molecule has 3 aromatic rings. The van der Waals surface area contributed by atoms with E-state index in [0.717, 1.165) is 42.7 Å². The maximum Gasteiger partial charge on any atom is 0.259 e. The maximum atomic E-state index is 13.2. The molecule has 0 spiro atoms. The third kappa shape index (κ3) is 2.69. The van der Waals surface area contributed by atoms with Crippen molar-refractivity contribution in [2.24, 2.45) is 0 Å². The Morgan fingerprint density at radius 3 is 2.69 bits per heavy atom. The summed E-state index contributed by atoms with van der Waals surface area (Å²) in [6.45, 7) is 8.53. The first-order valence-electron chi connectivity index (χ1n) is 9.16. The Morgan fingerprint density at radius 2 is 1.96 bits per heavy atom. The van der Waals surface area contributed by atoms with Gasteiger partial charge in [-0.2, -0.15) is 0 Å². The van der Waals surface area contributed by atoms with Crippen molar-refractivity contribution in [3.63, 3.8) is 0 Å². The Bertz CT molecular complexity index is 927. The number of imidazole rings is 1. The summed E-state index contributed by atoms with van der Waals surface area (Å²) in [5.74, 6) is 1.43. The Balaban J connectivity index is 1.73. The average molecular weight is 352 g/mol. The monoisotopic (exact) mass is 352 g/mol. The molecule has 1 aliphatic heterocycles. The van der Waals surface area contributed by atoms with Crippen LogP contribution in [0.2, 0.25) is 0 Å². The molecule has 0 radical (unpaired) electrons. The number of likely N-dealkylation sites (tertiary alicyclic amines) is 1. The van der Waals surface area contributed by atoms with Crippen molar-refractivity contribution in [3.8, 4) is 0 Å². The highest BCUT2D eigenvalue weighted by atomic mass is 16.5. The molecule has 1 aromatic carbocycles. The fourth-order valence-electron chi connectivity index (χ4n) is 3.84. The number of aryl methyl sites for hydroxylation is 4. The lowest BCUT2D eigenvalue weighted by Gasteiger charge is -2.34. The highest BCUT2D eigenvalue weighted by molar-refractivity contribution is 5.96. The summed E-state index contributed by atoms with van der Waals surface area (Å²) in [7, 11) is 0. The first-order chi connectivity index (χ1) is 12.5. The van der Waals surface area contributed by atoms with Gasteiger partial charge >= 0.3 is 0 Å². The lowest BCUT2D eigenvalue weighted by atomic mass is 10.00. The fourth-order valence-corrected chi connectivity index (χ4v) is 3.84. The summed E-state index contributed by atoms with van der Waals surface area (Å²) in [4.78, 5) is 23.4. The van der Waals surface area contributed by atoms with Crippen LogP contribution in [0, 0.1) is 27.7 Å². The van der Waals surface area contributed by atoms with Gasteiger partial charge in [-0.3, -0.25) is 4.79 Å². The van der Waals surface area contributed by atoms with Crippen molar-refractivity contribution in [2.45, 2.75) is 53.0 Å². The minimum Gasteiger partial charge on any atom is -0.361 e. The molecule has 26 heavy (non-hydrogen) atoms. The Morgan fingerprint density at radius 1 is 1.19 bits per heavy atom. The highest BCUT2D eigenvalue weighted by Gasteiger charge is 2.33. The van der Waals surface area contributed by atoms with Gasteiger partial charge < -0.3 is 14.4 Å². The molecule has 136 valence electrons. The van der Waals surface area contributed by atoms with E-state index in [4.69, 9.17) is 9.51 Å². The molecule has 6 nitrogen and oxygen atoms in total. The summed E-state index contributed by atoms with van der Waals surface area (Å²) in [5.41, 5.74) is 5.67. The number of amides is 1. The molecule has 1 aliphatic rings. The zero-order chi connectivity index (χ0) is 18.4. The van der Waals surface area contributed by atoms with Crippen LogP contribution in [0.3, 0.4) is 0 Å². The van der Waals surface area contributed by atoms with Crippen molar-refractivity contribution < 1.29 is 9.32 Å². The van der Waals surface area contributed by atoms with E-state index in [0.29, 0.717) is 17.0 Å². The van der Waals surface area contributed by atoms with Gasteiger partial charge in [0.05, 0.1) is 22.8 Å². The zero-order valence-electron chi connectivity index (χ0n) is 15.7. The Labute approximate surface area is 152 Å². The largest absolute Gasteiger partial charge is 0.361 e. The van der Waals surface area contributed by atoms with Crippen LogP contribution in [-0.2, 0) is 0 Å². The molecular weight excluding hydrogens is 328 g/mol. The number of H-pyrrole nitrogens is 1. The molecule has 3 heterocycles. The summed E-state index contributed by atoms with van der Waals surface area (Å²) >= 11 is 0. The van der Waals surface area contributed by atoms with E-state index in [-0.39, 0.29) is 11.9 Å². The van der Waals surface area contributed by atoms with Gasteiger partial charge in [-0.15, -0.1) is 0 Å². The van der Waals surface area contributed by atoms with Crippen LogP contribution >= 0.6 is 0 Å². The first-order valence-corrected chi connectivity index (χ1v) is 9.16. The number of fused-ring (bicyclic) bond motifs is 1. The third-order valence-corrected chi connectivity index (χ3v) is 5.44. The molecule has 4 rings (SSSR count). The molecule has 1 N–H and O–H groups in total. The van der Waals surface area contributed by atoms with Crippen LogP contribution in [-0.4, -0.2) is 32.5 Å². The van der Waals surface area contributed by atoms with Crippen LogP contribution in [0.4, 0.5) is 0 Å². The number of hydrogen-bond donors (Lipinski definition) is 1. The summed E-state index contributed by atoms with van der Waals surface area (Å²) in [6, 6.07) is 4.19. The third-order valence-electron chi connectivity index (χ3n) is 5.44. The van der Waals surface area contributed by atoms with E-state index in [9.17, 15) is 4.79 Å². The number of hydrogen-bond acceptors (Lipinski definition) is 4. The number of nitrogens with one attached hydrogen (secondary N) is 1. The second kappa shape index (κ2) is 6.27. The standard InChI is InChI=1S/C20H24N4O2/c1-11-9-15-16(10-12(11)2)22-19(21-15)17-7-5-6-8-24(17)20(25)18-13(3)23-26-14(18)4/h9-10,17H,5-8H2,1-4H3,(H,21,22)/t17-/m1/s1. The van der Waals surface area contributed by atoms with Crippen molar-refractivity contribution in [3.05, 3.63) is 46.1 Å². The van der Waals surface area contributed by atoms with E-state index in [1.54, 1.807) is 6.92 Å².